The van der Waals surface area contributed by atoms with Gasteiger partial charge in [-0.2, -0.15) is 9.65 Å². The molecule has 2 aromatic heterocycles. The van der Waals surface area contributed by atoms with Gasteiger partial charge in [0.05, 0.1) is 0 Å². The van der Waals surface area contributed by atoms with Crippen LogP contribution in [0.2, 0.25) is 0 Å². The molecule has 1 N–H and O–H groups in total. The van der Waals surface area contributed by atoms with Gasteiger partial charge < -0.3 is 4.98 Å². The molecule has 0 saturated carbocycles. The summed E-state index contributed by atoms with van der Waals surface area (Å²) in [5.74, 6) is -0.526. The lowest BCUT2D eigenvalue weighted by molar-refractivity contribution is 0.584. The zero-order valence-corrected chi connectivity index (χ0v) is 7.16. The number of nitrogens with one attached hydrogen (secondary N) is 1. The number of H-pyrrole nitrogens is 1. The third kappa shape index (κ3) is 1.48. The van der Waals surface area contributed by atoms with Crippen LogP contribution in [0, 0.1) is 17.3 Å². The quantitative estimate of drug-likeness (QED) is 0.695. The molecule has 14 heavy (non-hydrogen) atoms. The van der Waals surface area contributed by atoms with E-state index < -0.39 is 5.95 Å². The van der Waals surface area contributed by atoms with Crippen molar-refractivity contribution >= 4 is 0 Å². The molecule has 4 heteroatoms. The number of halogens is 1. The zero-order valence-electron chi connectivity index (χ0n) is 7.16. The second kappa shape index (κ2) is 3.30. The highest BCUT2D eigenvalue weighted by molar-refractivity contribution is 5.63. The summed E-state index contributed by atoms with van der Waals surface area (Å²) in [6.07, 6.45) is 3.05. The third-order valence-electron chi connectivity index (χ3n) is 1.86. The fourth-order valence-electron chi connectivity index (χ4n) is 1.21. The van der Waals surface area contributed by atoms with Gasteiger partial charge >= 0.3 is 0 Å². The Morgan fingerprint density at radius 3 is 2.86 bits per heavy atom. The molecule has 0 saturated heterocycles. The highest BCUT2D eigenvalue weighted by Gasteiger charge is 2.02. The summed E-state index contributed by atoms with van der Waals surface area (Å²) < 4.78 is 12.8. The summed E-state index contributed by atoms with van der Waals surface area (Å²) in [6.45, 7) is 0. The molecule has 0 unspecified atom stereocenters. The molecular weight excluding hydrogens is 181 g/mol. The molecule has 0 aliphatic rings. The molecule has 0 radical (unpaired) electrons. The minimum Gasteiger partial charge on any atom is -0.353 e. The maximum Gasteiger partial charge on any atom is 0.213 e. The lowest BCUT2D eigenvalue weighted by atomic mass is 10.1. The average Bonchev–Trinajstić information content (AvgIpc) is 2.66. The fourth-order valence-corrected chi connectivity index (χ4v) is 1.21. The predicted molar refractivity (Wildman–Crippen MR) is 48.7 cm³/mol. The molecule has 2 rings (SSSR count). The predicted octanol–water partition coefficient (Wildman–Crippen LogP) is 2.09. The molecule has 0 bridgehead atoms. The lowest BCUT2D eigenvalue weighted by Crippen LogP contribution is -1.81. The van der Waals surface area contributed by atoms with Crippen LogP contribution in [0.5, 0.6) is 0 Å². The zero-order chi connectivity index (χ0) is 9.97. The van der Waals surface area contributed by atoms with E-state index in [4.69, 9.17) is 5.26 Å². The first kappa shape index (κ1) is 8.45. The second-order valence-electron chi connectivity index (χ2n) is 2.78. The van der Waals surface area contributed by atoms with Crippen LogP contribution in [-0.4, -0.2) is 9.97 Å². The molecule has 3 nitrogen and oxygen atoms in total. The van der Waals surface area contributed by atoms with Gasteiger partial charge in [0.15, 0.2) is 0 Å². The summed E-state index contributed by atoms with van der Waals surface area (Å²) >= 11 is 0. The Bertz CT molecular complexity index is 496. The Hall–Kier alpha value is -2.15. The number of aromatic nitrogens is 2. The summed E-state index contributed by atoms with van der Waals surface area (Å²) in [4.78, 5) is 6.22. The van der Waals surface area contributed by atoms with Crippen LogP contribution in [-0.2, 0) is 0 Å². The fraction of sp³-hybridized carbons (Fsp3) is 0. The van der Waals surface area contributed by atoms with Crippen molar-refractivity contribution in [2.24, 2.45) is 0 Å². The largest absolute Gasteiger partial charge is 0.353 e. The molecule has 2 aromatic rings. The van der Waals surface area contributed by atoms with Gasteiger partial charge in [-0.05, 0) is 17.7 Å². The molecular formula is C10H6FN3. The van der Waals surface area contributed by atoms with E-state index in [0.29, 0.717) is 11.3 Å². The van der Waals surface area contributed by atoms with Crippen molar-refractivity contribution in [1.29, 1.82) is 5.26 Å². The number of hydrogen-bond donors (Lipinski definition) is 1. The van der Waals surface area contributed by atoms with Gasteiger partial charge in [0, 0.05) is 24.0 Å². The summed E-state index contributed by atoms with van der Waals surface area (Å²) in [6, 6.07) is 6.64. The summed E-state index contributed by atoms with van der Waals surface area (Å²) in [7, 11) is 0. The number of nitriles is 1. The van der Waals surface area contributed by atoms with Crippen molar-refractivity contribution in [1.82, 2.24) is 9.97 Å². The summed E-state index contributed by atoms with van der Waals surface area (Å²) in [5, 5.41) is 8.58. The van der Waals surface area contributed by atoms with Gasteiger partial charge in [-0.3, -0.25) is 0 Å². The first-order chi connectivity index (χ1) is 6.79. The van der Waals surface area contributed by atoms with Crippen LogP contribution in [0.15, 0.2) is 30.6 Å². The maximum atomic E-state index is 12.8. The highest BCUT2D eigenvalue weighted by Crippen LogP contribution is 2.19. The Labute approximate surface area is 79.8 Å². The Morgan fingerprint density at radius 1 is 1.36 bits per heavy atom. The van der Waals surface area contributed by atoms with Gasteiger partial charge in [0.1, 0.15) is 11.8 Å². The smallest absolute Gasteiger partial charge is 0.213 e. The monoisotopic (exact) mass is 187 g/mol. The van der Waals surface area contributed by atoms with E-state index in [1.165, 1.54) is 12.3 Å². The van der Waals surface area contributed by atoms with Crippen molar-refractivity contribution < 1.29 is 4.39 Å². The Kier molecular flexibility index (Phi) is 1.99. The molecule has 0 spiro atoms. The van der Waals surface area contributed by atoms with Gasteiger partial charge in [0.25, 0.3) is 0 Å². The van der Waals surface area contributed by atoms with Gasteiger partial charge in [0.2, 0.25) is 5.95 Å². The first-order valence-corrected chi connectivity index (χ1v) is 4.00. The van der Waals surface area contributed by atoms with E-state index >= 15 is 0 Å². The van der Waals surface area contributed by atoms with Gasteiger partial charge in [-0.25, -0.2) is 4.98 Å². The van der Waals surface area contributed by atoms with Crippen molar-refractivity contribution in [3.05, 3.63) is 42.2 Å². The first-order valence-electron chi connectivity index (χ1n) is 4.00. The number of hydrogen-bond acceptors (Lipinski definition) is 2. The molecule has 0 amide bonds. The number of rotatable bonds is 1. The van der Waals surface area contributed by atoms with Crippen LogP contribution in [0.3, 0.4) is 0 Å². The molecule has 0 fully saturated rings. The topological polar surface area (TPSA) is 52.5 Å². The Morgan fingerprint density at radius 2 is 2.21 bits per heavy atom. The average molecular weight is 187 g/mol. The minimum absolute atomic E-state index is 0.456. The van der Waals surface area contributed by atoms with Crippen LogP contribution >= 0.6 is 0 Å². The van der Waals surface area contributed by atoms with Crippen molar-refractivity contribution in [3.8, 4) is 17.2 Å². The number of pyridine rings is 1. The third-order valence-corrected chi connectivity index (χ3v) is 1.86. The number of nitrogens with zero attached hydrogens (tertiary/aromatic N) is 2. The van der Waals surface area contributed by atoms with Crippen molar-refractivity contribution in [2.45, 2.75) is 0 Å². The highest BCUT2D eigenvalue weighted by atomic mass is 19.1. The Balaban J connectivity index is 2.45. The van der Waals surface area contributed by atoms with E-state index in [1.54, 1.807) is 18.3 Å². The normalized spacial score (nSPS) is 9.71. The lowest BCUT2D eigenvalue weighted by Gasteiger charge is -1.95. The van der Waals surface area contributed by atoms with Crippen LogP contribution in [0.4, 0.5) is 4.39 Å². The second-order valence-corrected chi connectivity index (χ2v) is 2.78. The van der Waals surface area contributed by atoms with Gasteiger partial charge in [-0.1, -0.05) is 0 Å². The SMILES string of the molecule is N#Cc1cc(-c2ccnc(F)c2)c[nH]1. The standard InChI is InChI=1S/C10H6FN3/c11-10-4-7(1-2-13-10)8-3-9(5-12)14-6-8/h1-4,6,14H. The molecule has 0 atom stereocenters. The number of aromatic amines is 1. The van der Waals surface area contributed by atoms with Crippen LogP contribution in [0.1, 0.15) is 5.69 Å². The van der Waals surface area contributed by atoms with E-state index in [0.717, 1.165) is 5.56 Å². The molecule has 2 heterocycles. The van der Waals surface area contributed by atoms with Gasteiger partial charge in [-0.15, -0.1) is 0 Å². The van der Waals surface area contributed by atoms with E-state index in [1.807, 2.05) is 6.07 Å². The van der Waals surface area contributed by atoms with Crippen molar-refractivity contribution in [3.63, 3.8) is 0 Å². The van der Waals surface area contributed by atoms with Crippen LogP contribution < -0.4 is 0 Å². The maximum absolute atomic E-state index is 12.8. The molecule has 0 aliphatic carbocycles. The molecule has 0 aliphatic heterocycles. The van der Waals surface area contributed by atoms with Crippen molar-refractivity contribution in [2.75, 3.05) is 0 Å². The van der Waals surface area contributed by atoms with Crippen LogP contribution in [0.25, 0.3) is 11.1 Å². The van der Waals surface area contributed by atoms with E-state index in [9.17, 15) is 4.39 Å². The minimum atomic E-state index is -0.526. The molecule has 68 valence electrons. The molecule has 0 aromatic carbocycles. The van der Waals surface area contributed by atoms with E-state index in [2.05, 4.69) is 9.97 Å². The van der Waals surface area contributed by atoms with E-state index in [-0.39, 0.29) is 0 Å². The summed E-state index contributed by atoms with van der Waals surface area (Å²) in [5.41, 5.74) is 1.94.